The molecule has 0 saturated carbocycles. The van der Waals surface area contributed by atoms with Gasteiger partial charge in [-0.1, -0.05) is 109 Å². The second kappa shape index (κ2) is 30.5. The number of hydrogen-bond donors (Lipinski definition) is 3. The predicted octanol–water partition coefficient (Wildman–Crippen LogP) is 8.09. The quantitative estimate of drug-likeness (QED) is 0.0303. The van der Waals surface area contributed by atoms with Crippen LogP contribution >= 0.6 is 7.82 Å². The molecule has 0 fully saturated rings. The molecule has 252 valence electrons. The first-order chi connectivity index (χ1) is 20.8. The number of rotatable bonds is 31. The highest BCUT2D eigenvalue weighted by molar-refractivity contribution is 7.47. The summed E-state index contributed by atoms with van der Waals surface area (Å²) in [6, 6.07) is 0. The molecule has 1 amide bonds. The average molecular weight is 632 g/mol. The lowest BCUT2D eigenvalue weighted by Gasteiger charge is -2.15. The third kappa shape index (κ3) is 31.7. The smallest absolute Gasteiger partial charge is 0.463 e. The number of aliphatic hydroxyl groups is 1. The van der Waals surface area contributed by atoms with E-state index in [1.165, 1.54) is 51.4 Å². The monoisotopic (exact) mass is 631 g/mol. The normalized spacial score (nSPS) is 13.9. The SMILES string of the molecule is CCCCCC/C=C\C/C=C\CCCCCCCC(=O)OCC(O)COP(=O)(O)OCCNC(=O)CCCCCCCC. The van der Waals surface area contributed by atoms with Crippen molar-refractivity contribution in [3.8, 4) is 0 Å². The first kappa shape index (κ1) is 41.5. The van der Waals surface area contributed by atoms with Crippen molar-refractivity contribution in [2.75, 3.05) is 26.4 Å². The molecular weight excluding hydrogens is 569 g/mol. The van der Waals surface area contributed by atoms with E-state index in [1.54, 1.807) is 0 Å². The Hall–Kier alpha value is -1.51. The summed E-state index contributed by atoms with van der Waals surface area (Å²) >= 11 is 0. The fraction of sp³-hybridized carbons (Fsp3) is 0.818. The lowest BCUT2D eigenvalue weighted by atomic mass is 10.1. The van der Waals surface area contributed by atoms with Crippen LogP contribution in [0.25, 0.3) is 0 Å². The maximum atomic E-state index is 11.9. The number of nitrogens with one attached hydrogen (secondary N) is 1. The number of hydrogen-bond acceptors (Lipinski definition) is 7. The van der Waals surface area contributed by atoms with E-state index in [4.69, 9.17) is 13.8 Å². The van der Waals surface area contributed by atoms with Crippen LogP contribution in [-0.4, -0.2) is 54.3 Å². The Morgan fingerprint density at radius 1 is 0.721 bits per heavy atom. The van der Waals surface area contributed by atoms with Crippen molar-refractivity contribution in [3.63, 3.8) is 0 Å². The summed E-state index contributed by atoms with van der Waals surface area (Å²) in [6.45, 7) is 3.43. The Labute approximate surface area is 261 Å². The molecule has 0 aromatic rings. The van der Waals surface area contributed by atoms with Gasteiger partial charge in [-0.05, 0) is 44.9 Å². The van der Waals surface area contributed by atoms with E-state index in [-0.39, 0.29) is 32.1 Å². The molecule has 3 N–H and O–H groups in total. The van der Waals surface area contributed by atoms with Gasteiger partial charge in [-0.15, -0.1) is 0 Å². The van der Waals surface area contributed by atoms with Gasteiger partial charge in [0.2, 0.25) is 5.91 Å². The number of esters is 1. The summed E-state index contributed by atoms with van der Waals surface area (Å²) in [5.74, 6) is -0.541. The molecule has 0 aliphatic rings. The number of aliphatic hydroxyl groups excluding tert-OH is 1. The lowest BCUT2D eigenvalue weighted by molar-refractivity contribution is -0.147. The zero-order valence-electron chi connectivity index (χ0n) is 27.1. The van der Waals surface area contributed by atoms with Crippen molar-refractivity contribution in [1.82, 2.24) is 5.32 Å². The van der Waals surface area contributed by atoms with Crippen LogP contribution in [0.5, 0.6) is 0 Å². The molecule has 0 radical (unpaired) electrons. The summed E-state index contributed by atoms with van der Waals surface area (Å²) in [4.78, 5) is 33.4. The van der Waals surface area contributed by atoms with Crippen LogP contribution < -0.4 is 5.32 Å². The van der Waals surface area contributed by atoms with Gasteiger partial charge in [0, 0.05) is 19.4 Å². The fourth-order valence-corrected chi connectivity index (χ4v) is 5.05. The van der Waals surface area contributed by atoms with Crippen molar-refractivity contribution in [3.05, 3.63) is 24.3 Å². The summed E-state index contributed by atoms with van der Waals surface area (Å²) in [6.07, 6.45) is 28.4. The highest BCUT2D eigenvalue weighted by Gasteiger charge is 2.23. The molecule has 0 spiro atoms. The number of ether oxygens (including phenoxy) is 1. The highest BCUT2D eigenvalue weighted by Crippen LogP contribution is 2.42. The molecule has 0 heterocycles. The Bertz CT molecular complexity index is 774. The van der Waals surface area contributed by atoms with Crippen LogP contribution in [0.3, 0.4) is 0 Å². The standard InChI is InChI=1S/C33H62NO8P/c1-3-5-7-9-11-12-13-14-15-16-17-18-19-20-22-24-26-33(37)40-29-31(35)30-42-43(38,39)41-28-27-34-32(36)25-23-21-10-8-6-4-2/h12-13,15-16,31,35H,3-11,14,17-30H2,1-2H3,(H,34,36)(H,38,39)/b13-12-,16-15-. The topological polar surface area (TPSA) is 131 Å². The molecule has 0 saturated heterocycles. The molecule has 2 unspecified atom stereocenters. The second-order valence-electron chi connectivity index (χ2n) is 11.1. The molecule has 0 rings (SSSR count). The molecular formula is C33H62NO8P. The third-order valence-electron chi connectivity index (χ3n) is 6.88. The molecule has 0 bridgehead atoms. The molecule has 0 aromatic carbocycles. The maximum Gasteiger partial charge on any atom is 0.472 e. The Balaban J connectivity index is 3.66. The van der Waals surface area contributed by atoms with E-state index < -0.39 is 26.5 Å². The largest absolute Gasteiger partial charge is 0.472 e. The van der Waals surface area contributed by atoms with Crippen LogP contribution in [-0.2, 0) is 27.9 Å². The van der Waals surface area contributed by atoms with Crippen molar-refractivity contribution < 1.29 is 37.9 Å². The average Bonchev–Trinajstić information content (AvgIpc) is 2.98. The zero-order chi connectivity index (χ0) is 31.9. The van der Waals surface area contributed by atoms with Crippen molar-refractivity contribution in [2.45, 2.75) is 148 Å². The minimum Gasteiger partial charge on any atom is -0.463 e. The molecule has 9 nitrogen and oxygen atoms in total. The van der Waals surface area contributed by atoms with Gasteiger partial charge in [0.25, 0.3) is 0 Å². The van der Waals surface area contributed by atoms with E-state index in [0.29, 0.717) is 6.42 Å². The number of allylic oxidation sites excluding steroid dienone is 4. The molecule has 0 aromatic heterocycles. The number of unbranched alkanes of at least 4 members (excludes halogenated alkanes) is 14. The molecule has 10 heteroatoms. The number of carbonyl (C=O) groups is 2. The summed E-state index contributed by atoms with van der Waals surface area (Å²) in [7, 11) is -4.40. The van der Waals surface area contributed by atoms with E-state index >= 15 is 0 Å². The van der Waals surface area contributed by atoms with Crippen LogP contribution in [0.15, 0.2) is 24.3 Å². The summed E-state index contributed by atoms with van der Waals surface area (Å²) < 4.78 is 26.6. The Morgan fingerprint density at radius 3 is 1.88 bits per heavy atom. The van der Waals surface area contributed by atoms with Crippen molar-refractivity contribution in [1.29, 1.82) is 0 Å². The summed E-state index contributed by atoms with van der Waals surface area (Å²) in [5, 5.41) is 12.6. The Kier molecular flexibility index (Phi) is 29.4. The summed E-state index contributed by atoms with van der Waals surface area (Å²) in [5.41, 5.74) is 0. The maximum absolute atomic E-state index is 11.9. The third-order valence-corrected chi connectivity index (χ3v) is 7.87. The first-order valence-corrected chi connectivity index (χ1v) is 18.3. The van der Waals surface area contributed by atoms with Gasteiger partial charge in [0.15, 0.2) is 0 Å². The van der Waals surface area contributed by atoms with Gasteiger partial charge in [-0.25, -0.2) is 4.57 Å². The van der Waals surface area contributed by atoms with E-state index in [0.717, 1.165) is 64.2 Å². The Morgan fingerprint density at radius 2 is 1.26 bits per heavy atom. The van der Waals surface area contributed by atoms with Gasteiger partial charge in [0.05, 0.1) is 13.2 Å². The van der Waals surface area contributed by atoms with Gasteiger partial charge >= 0.3 is 13.8 Å². The van der Waals surface area contributed by atoms with E-state index in [2.05, 4.69) is 43.5 Å². The van der Waals surface area contributed by atoms with Crippen LogP contribution in [0.1, 0.15) is 142 Å². The number of amides is 1. The van der Waals surface area contributed by atoms with Crippen LogP contribution in [0, 0.1) is 0 Å². The van der Waals surface area contributed by atoms with Gasteiger partial charge < -0.3 is 20.1 Å². The van der Waals surface area contributed by atoms with E-state index in [1.807, 2.05) is 0 Å². The van der Waals surface area contributed by atoms with Gasteiger partial charge in [-0.3, -0.25) is 18.6 Å². The zero-order valence-corrected chi connectivity index (χ0v) is 28.0. The first-order valence-electron chi connectivity index (χ1n) is 16.8. The van der Waals surface area contributed by atoms with E-state index in [9.17, 15) is 24.2 Å². The van der Waals surface area contributed by atoms with Gasteiger partial charge in [-0.2, -0.15) is 0 Å². The highest BCUT2D eigenvalue weighted by atomic mass is 31.2. The van der Waals surface area contributed by atoms with Crippen LogP contribution in [0.2, 0.25) is 0 Å². The predicted molar refractivity (Wildman–Crippen MR) is 174 cm³/mol. The lowest BCUT2D eigenvalue weighted by Crippen LogP contribution is -2.27. The van der Waals surface area contributed by atoms with Crippen LogP contribution in [0.4, 0.5) is 0 Å². The second-order valence-corrected chi connectivity index (χ2v) is 12.6. The molecule has 43 heavy (non-hydrogen) atoms. The number of phosphoric acid groups is 1. The molecule has 0 aliphatic heterocycles. The minimum atomic E-state index is -4.40. The number of phosphoric ester groups is 1. The minimum absolute atomic E-state index is 0.0803. The van der Waals surface area contributed by atoms with Crippen molar-refractivity contribution in [2.24, 2.45) is 0 Å². The molecule has 0 aliphatic carbocycles. The van der Waals surface area contributed by atoms with Crippen molar-refractivity contribution >= 4 is 19.7 Å². The fourth-order valence-electron chi connectivity index (χ4n) is 4.29. The number of carbonyl (C=O) groups excluding carboxylic acids is 2. The molecule has 2 atom stereocenters. The van der Waals surface area contributed by atoms with Gasteiger partial charge in [0.1, 0.15) is 12.7 Å².